The Labute approximate surface area is 119 Å². The van der Waals surface area contributed by atoms with Crippen LogP contribution in [0.15, 0.2) is 42.7 Å². The summed E-state index contributed by atoms with van der Waals surface area (Å²) in [4.78, 5) is 12.0. The van der Waals surface area contributed by atoms with Crippen molar-refractivity contribution in [1.82, 2.24) is 15.1 Å². The van der Waals surface area contributed by atoms with Gasteiger partial charge in [0.05, 0.1) is 11.4 Å². The lowest BCUT2D eigenvalue weighted by Crippen LogP contribution is -2.36. The summed E-state index contributed by atoms with van der Waals surface area (Å²) in [5.41, 5.74) is 1.58. The van der Waals surface area contributed by atoms with Gasteiger partial charge in [-0.25, -0.2) is 9.48 Å². The summed E-state index contributed by atoms with van der Waals surface area (Å²) in [6.45, 7) is 4.10. The van der Waals surface area contributed by atoms with E-state index in [0.717, 1.165) is 24.2 Å². The molecule has 1 atom stereocenters. The van der Waals surface area contributed by atoms with Crippen LogP contribution in [0.5, 0.6) is 0 Å². The normalized spacial score (nSPS) is 11.9. The standard InChI is InChI=1S/C15H20N4O/c1-3-7-12(2)17-15(20)18-13-8-4-5-9-14(13)19-11-6-10-16-19/h4-6,8-12H,3,7H2,1-2H3,(H2,17,18,20)/t12-/m0/s1. The molecule has 2 amide bonds. The van der Waals surface area contributed by atoms with Crippen LogP contribution in [0.4, 0.5) is 10.5 Å². The molecule has 1 aromatic carbocycles. The highest BCUT2D eigenvalue weighted by atomic mass is 16.2. The number of carbonyl (C=O) groups is 1. The zero-order chi connectivity index (χ0) is 14.4. The number of para-hydroxylation sites is 2. The minimum atomic E-state index is -0.189. The van der Waals surface area contributed by atoms with Gasteiger partial charge in [-0.15, -0.1) is 0 Å². The number of rotatable bonds is 5. The highest BCUT2D eigenvalue weighted by molar-refractivity contribution is 5.91. The predicted molar refractivity (Wildman–Crippen MR) is 80.1 cm³/mol. The van der Waals surface area contributed by atoms with Gasteiger partial charge < -0.3 is 10.6 Å². The molecule has 0 saturated carbocycles. The summed E-state index contributed by atoms with van der Waals surface area (Å²) in [6.07, 6.45) is 5.57. The number of urea groups is 1. The van der Waals surface area contributed by atoms with Crippen molar-refractivity contribution in [1.29, 1.82) is 0 Å². The highest BCUT2D eigenvalue weighted by Gasteiger charge is 2.10. The zero-order valence-electron chi connectivity index (χ0n) is 11.8. The molecule has 0 bridgehead atoms. The largest absolute Gasteiger partial charge is 0.335 e. The maximum atomic E-state index is 12.0. The monoisotopic (exact) mass is 272 g/mol. The molecular weight excluding hydrogens is 252 g/mol. The van der Waals surface area contributed by atoms with Crippen molar-refractivity contribution in [3.05, 3.63) is 42.7 Å². The summed E-state index contributed by atoms with van der Waals surface area (Å²) in [5, 5.41) is 9.99. The minimum absolute atomic E-state index is 0.164. The molecule has 5 heteroatoms. The lowest BCUT2D eigenvalue weighted by molar-refractivity contribution is 0.248. The molecule has 1 heterocycles. The van der Waals surface area contributed by atoms with Crippen LogP contribution < -0.4 is 10.6 Å². The third kappa shape index (κ3) is 3.60. The van der Waals surface area contributed by atoms with Crippen LogP contribution in [0, 0.1) is 0 Å². The smallest absolute Gasteiger partial charge is 0.319 e. The molecule has 2 aromatic rings. The van der Waals surface area contributed by atoms with E-state index in [1.54, 1.807) is 10.9 Å². The summed E-state index contributed by atoms with van der Waals surface area (Å²) in [6, 6.07) is 9.40. The van der Waals surface area contributed by atoms with Crippen LogP contribution in [0.3, 0.4) is 0 Å². The van der Waals surface area contributed by atoms with Crippen LogP contribution in [0.1, 0.15) is 26.7 Å². The van der Waals surface area contributed by atoms with E-state index in [-0.39, 0.29) is 12.1 Å². The lowest BCUT2D eigenvalue weighted by atomic mass is 10.2. The van der Waals surface area contributed by atoms with E-state index < -0.39 is 0 Å². The van der Waals surface area contributed by atoms with Crippen molar-refractivity contribution >= 4 is 11.7 Å². The Morgan fingerprint density at radius 1 is 1.35 bits per heavy atom. The quantitative estimate of drug-likeness (QED) is 0.878. The van der Waals surface area contributed by atoms with E-state index in [2.05, 4.69) is 22.7 Å². The molecule has 0 aliphatic carbocycles. The van der Waals surface area contributed by atoms with Crippen molar-refractivity contribution in [3.63, 3.8) is 0 Å². The number of carbonyl (C=O) groups excluding carboxylic acids is 1. The van der Waals surface area contributed by atoms with Gasteiger partial charge in [0.1, 0.15) is 0 Å². The number of aromatic nitrogens is 2. The summed E-state index contributed by atoms with van der Waals surface area (Å²) < 4.78 is 1.73. The van der Waals surface area contributed by atoms with E-state index in [0.29, 0.717) is 0 Å². The van der Waals surface area contributed by atoms with Gasteiger partial charge in [-0.1, -0.05) is 25.5 Å². The molecule has 20 heavy (non-hydrogen) atoms. The number of hydrogen-bond donors (Lipinski definition) is 2. The van der Waals surface area contributed by atoms with E-state index in [4.69, 9.17) is 0 Å². The molecule has 2 N–H and O–H groups in total. The Morgan fingerprint density at radius 2 is 2.15 bits per heavy atom. The van der Waals surface area contributed by atoms with Gasteiger partial charge in [0.25, 0.3) is 0 Å². The number of nitrogens with zero attached hydrogens (tertiary/aromatic N) is 2. The first kappa shape index (κ1) is 14.1. The number of anilines is 1. The van der Waals surface area contributed by atoms with Crippen LogP contribution in [-0.4, -0.2) is 21.9 Å². The van der Waals surface area contributed by atoms with Crippen LogP contribution in [-0.2, 0) is 0 Å². The molecule has 0 aliphatic heterocycles. The van der Waals surface area contributed by atoms with E-state index in [1.165, 1.54) is 0 Å². The first-order valence-corrected chi connectivity index (χ1v) is 6.87. The Balaban J connectivity index is 2.08. The zero-order valence-corrected chi connectivity index (χ0v) is 11.8. The Kier molecular flexibility index (Phi) is 4.76. The average Bonchev–Trinajstić information content (AvgIpc) is 2.93. The molecule has 106 valence electrons. The SMILES string of the molecule is CCC[C@H](C)NC(=O)Nc1ccccc1-n1cccn1. The molecule has 5 nitrogen and oxygen atoms in total. The summed E-state index contributed by atoms with van der Waals surface area (Å²) in [5.74, 6) is 0. The topological polar surface area (TPSA) is 59.0 Å². The minimum Gasteiger partial charge on any atom is -0.335 e. The highest BCUT2D eigenvalue weighted by Crippen LogP contribution is 2.18. The molecule has 2 rings (SSSR count). The third-order valence-electron chi connectivity index (χ3n) is 3.00. The molecule has 0 aliphatic rings. The van der Waals surface area contributed by atoms with Crippen molar-refractivity contribution in [2.75, 3.05) is 5.32 Å². The van der Waals surface area contributed by atoms with Gasteiger partial charge >= 0.3 is 6.03 Å². The second-order valence-electron chi connectivity index (χ2n) is 4.76. The molecular formula is C15H20N4O. The van der Waals surface area contributed by atoms with Gasteiger partial charge in [0.15, 0.2) is 0 Å². The number of benzene rings is 1. The number of amides is 2. The number of nitrogens with one attached hydrogen (secondary N) is 2. The van der Waals surface area contributed by atoms with Crippen molar-refractivity contribution in [2.24, 2.45) is 0 Å². The predicted octanol–water partition coefficient (Wildman–Crippen LogP) is 3.18. The fourth-order valence-electron chi connectivity index (χ4n) is 2.08. The fraction of sp³-hybridized carbons (Fsp3) is 0.333. The fourth-order valence-corrected chi connectivity index (χ4v) is 2.08. The maximum Gasteiger partial charge on any atom is 0.319 e. The summed E-state index contributed by atoms with van der Waals surface area (Å²) >= 11 is 0. The van der Waals surface area contributed by atoms with Gasteiger partial charge in [0.2, 0.25) is 0 Å². The van der Waals surface area contributed by atoms with Gasteiger partial charge in [-0.3, -0.25) is 0 Å². The molecule has 0 fully saturated rings. The van der Waals surface area contributed by atoms with Crippen molar-refractivity contribution in [3.8, 4) is 5.69 Å². The van der Waals surface area contributed by atoms with Crippen molar-refractivity contribution < 1.29 is 4.79 Å². The molecule has 0 spiro atoms. The third-order valence-corrected chi connectivity index (χ3v) is 3.00. The van der Waals surface area contributed by atoms with Crippen LogP contribution in [0.25, 0.3) is 5.69 Å². The Bertz CT molecular complexity index is 551. The first-order valence-electron chi connectivity index (χ1n) is 6.87. The van der Waals surface area contributed by atoms with Gasteiger partial charge in [0, 0.05) is 18.4 Å². The van der Waals surface area contributed by atoms with Crippen LogP contribution >= 0.6 is 0 Å². The molecule has 0 unspecified atom stereocenters. The van der Waals surface area contributed by atoms with E-state index >= 15 is 0 Å². The molecule has 1 aromatic heterocycles. The molecule has 0 saturated heterocycles. The number of hydrogen-bond acceptors (Lipinski definition) is 2. The van der Waals surface area contributed by atoms with Crippen LogP contribution in [0.2, 0.25) is 0 Å². The average molecular weight is 272 g/mol. The van der Waals surface area contributed by atoms with E-state index in [1.807, 2.05) is 43.5 Å². The second kappa shape index (κ2) is 6.75. The van der Waals surface area contributed by atoms with E-state index in [9.17, 15) is 4.79 Å². The van der Waals surface area contributed by atoms with Gasteiger partial charge in [-0.05, 0) is 31.5 Å². The Morgan fingerprint density at radius 3 is 2.85 bits per heavy atom. The Hall–Kier alpha value is -2.30. The maximum absolute atomic E-state index is 12.0. The van der Waals surface area contributed by atoms with Gasteiger partial charge in [-0.2, -0.15) is 5.10 Å². The first-order chi connectivity index (χ1) is 9.70. The molecule has 0 radical (unpaired) electrons. The summed E-state index contributed by atoms with van der Waals surface area (Å²) in [7, 11) is 0. The second-order valence-corrected chi connectivity index (χ2v) is 4.76. The van der Waals surface area contributed by atoms with Crippen molar-refractivity contribution in [2.45, 2.75) is 32.7 Å². The lowest BCUT2D eigenvalue weighted by Gasteiger charge is -2.15.